The third kappa shape index (κ3) is 8.52. The molecule has 15 nitrogen and oxygen atoms in total. The lowest BCUT2D eigenvalue weighted by molar-refractivity contribution is -0.127. The van der Waals surface area contributed by atoms with Gasteiger partial charge in [-0.2, -0.15) is 5.10 Å². The molecule has 2 saturated heterocycles. The predicted molar refractivity (Wildman–Crippen MR) is 248 cm³/mol. The third-order valence-corrected chi connectivity index (χ3v) is 14.3. The van der Waals surface area contributed by atoms with E-state index in [1.54, 1.807) is 4.68 Å². The summed E-state index contributed by atoms with van der Waals surface area (Å²) in [7, 11) is 1.85. The normalized spacial score (nSPS) is 22.1. The van der Waals surface area contributed by atoms with Gasteiger partial charge in [0, 0.05) is 91.7 Å². The minimum absolute atomic E-state index is 0.0233. The Morgan fingerprint density at radius 3 is 2.43 bits per heavy atom. The average Bonchev–Trinajstić information content (AvgIpc) is 3.81. The molecule has 5 amide bonds. The highest BCUT2D eigenvalue weighted by Gasteiger charge is 2.50. The second-order valence-electron chi connectivity index (χ2n) is 17.8. The van der Waals surface area contributed by atoms with E-state index >= 15 is 8.78 Å². The van der Waals surface area contributed by atoms with E-state index in [4.69, 9.17) is 26.8 Å². The molecule has 4 aliphatic rings. The maximum atomic E-state index is 16.4. The van der Waals surface area contributed by atoms with Crippen LogP contribution in [-0.2, 0) is 22.2 Å². The number of urea groups is 1. The maximum Gasteiger partial charge on any atom is 0.329 e. The van der Waals surface area contributed by atoms with Gasteiger partial charge in [-0.25, -0.2) is 13.6 Å². The van der Waals surface area contributed by atoms with Crippen molar-refractivity contribution in [1.29, 1.82) is 0 Å². The number of amides is 5. The van der Waals surface area contributed by atoms with Crippen LogP contribution in [-0.4, -0.2) is 90.1 Å². The van der Waals surface area contributed by atoms with E-state index in [9.17, 15) is 24.3 Å². The van der Waals surface area contributed by atoms with E-state index in [2.05, 4.69) is 25.9 Å². The molecule has 0 bridgehead atoms. The zero-order valence-corrected chi connectivity index (χ0v) is 38.0. The second kappa shape index (κ2) is 18.8. The van der Waals surface area contributed by atoms with E-state index in [-0.39, 0.29) is 90.7 Å². The Labute approximate surface area is 390 Å². The molecule has 4 heterocycles. The number of imide groups is 1. The number of aliphatic hydroxyl groups excluding tert-OH is 1. The standard InChI is InChI=1S/C49H53ClF2N8O7/c1-27-39-37(25-34(51)42(50)41(39)40-32(45(53)63)15-16-36(43(40)52)66-24-23-61)67-49(27,29-7-4-3-5-8-29)26-54-30-13-11-28(12-14-30)47(64)55-31-17-20-59(21-18-31)35-10-6-9-33-44(35)58(2)57-46(33)60-22-19-38(62)56-48(60)65/h3-10,15-16,25,27-28,30-31,54,61H,11-14,17-24,26H2,1-2H3,(H2,53,63)(H,55,64)(H,56,62,65). The molecular weight excluding hydrogens is 886 g/mol. The number of benzene rings is 4. The number of aliphatic hydroxyl groups is 1. The molecule has 2 atom stereocenters. The SMILES string of the molecule is CC1c2c(cc(F)c(Cl)c2-c2c(C(N)=O)ccc(OCCO)c2F)OC1(CNC1CCC(C(=O)NC2CCN(c3cccc4c(N5CCC(=O)NC5=O)nn(C)c34)CC2)CC1)c1ccccc1. The summed E-state index contributed by atoms with van der Waals surface area (Å²) in [5.74, 6) is -3.37. The summed E-state index contributed by atoms with van der Waals surface area (Å²) in [6.45, 7) is 3.27. The molecule has 6 N–H and O–H groups in total. The molecule has 1 aromatic heterocycles. The number of para-hydroxylation sites is 1. The van der Waals surface area contributed by atoms with Crippen LogP contribution in [0.2, 0.25) is 5.02 Å². The lowest BCUT2D eigenvalue weighted by atomic mass is 9.77. The van der Waals surface area contributed by atoms with Crippen molar-refractivity contribution in [3.63, 3.8) is 0 Å². The molecule has 67 heavy (non-hydrogen) atoms. The van der Waals surface area contributed by atoms with Gasteiger partial charge >= 0.3 is 6.03 Å². The van der Waals surface area contributed by atoms with E-state index in [1.165, 1.54) is 23.1 Å². The number of primary amides is 1. The first-order chi connectivity index (χ1) is 32.3. The number of nitrogens with one attached hydrogen (secondary N) is 3. The minimum atomic E-state index is -1.12. The van der Waals surface area contributed by atoms with Crippen molar-refractivity contribution in [2.75, 3.05) is 49.2 Å². The fourth-order valence-corrected chi connectivity index (χ4v) is 10.7. The van der Waals surface area contributed by atoms with Gasteiger partial charge in [0.1, 0.15) is 18.2 Å². The van der Waals surface area contributed by atoms with Crippen molar-refractivity contribution < 1.29 is 42.5 Å². The molecule has 5 aromatic rings. The molecule has 0 spiro atoms. The van der Waals surface area contributed by atoms with Crippen LogP contribution in [0.3, 0.4) is 0 Å². The van der Waals surface area contributed by atoms with Crippen molar-refractivity contribution in [2.24, 2.45) is 18.7 Å². The number of carbonyl (C=O) groups is 4. The van der Waals surface area contributed by atoms with Crippen molar-refractivity contribution in [3.8, 4) is 22.6 Å². The number of anilines is 2. The summed E-state index contributed by atoms with van der Waals surface area (Å²) in [5, 5.41) is 23.9. The predicted octanol–water partition coefficient (Wildman–Crippen LogP) is 6.41. The number of ether oxygens (including phenoxy) is 2. The number of nitrogens with two attached hydrogens (primary N) is 1. The Morgan fingerprint density at radius 1 is 0.985 bits per heavy atom. The summed E-state index contributed by atoms with van der Waals surface area (Å²) in [6, 6.07) is 18.7. The van der Waals surface area contributed by atoms with E-state index in [0.29, 0.717) is 24.2 Å². The first-order valence-electron chi connectivity index (χ1n) is 22.8. The summed E-state index contributed by atoms with van der Waals surface area (Å²) >= 11 is 6.70. The van der Waals surface area contributed by atoms with Crippen molar-refractivity contribution in [2.45, 2.75) is 75.5 Å². The van der Waals surface area contributed by atoms with Crippen LogP contribution in [0.5, 0.6) is 11.5 Å². The Kier molecular flexibility index (Phi) is 12.8. The lowest BCUT2D eigenvalue weighted by Crippen LogP contribution is -2.49. The number of piperidine rings is 1. The van der Waals surface area contributed by atoms with E-state index in [1.807, 2.05) is 62.5 Å². The number of nitrogens with zero attached hydrogens (tertiary/aromatic N) is 4. The van der Waals surface area contributed by atoms with Gasteiger partial charge < -0.3 is 35.8 Å². The van der Waals surface area contributed by atoms with Crippen LogP contribution in [0.1, 0.15) is 79.3 Å². The molecular formula is C49H53ClF2N8O7. The summed E-state index contributed by atoms with van der Waals surface area (Å²) in [6.07, 6.45) is 4.55. The van der Waals surface area contributed by atoms with E-state index in [0.717, 1.165) is 60.9 Å². The van der Waals surface area contributed by atoms with Crippen LogP contribution in [0.25, 0.3) is 22.0 Å². The number of fused-ring (bicyclic) bond motifs is 2. The largest absolute Gasteiger partial charge is 0.488 e. The lowest BCUT2D eigenvalue weighted by Gasteiger charge is -2.38. The highest BCUT2D eigenvalue weighted by atomic mass is 35.5. The Bertz CT molecular complexity index is 2740. The molecule has 3 fully saturated rings. The van der Waals surface area contributed by atoms with Crippen LogP contribution in [0.15, 0.2) is 66.7 Å². The summed E-state index contributed by atoms with van der Waals surface area (Å²) in [5.41, 5.74) is 7.10. The first-order valence-corrected chi connectivity index (χ1v) is 23.2. The molecule has 9 rings (SSSR count). The highest BCUT2D eigenvalue weighted by molar-refractivity contribution is 6.34. The second-order valence-corrected chi connectivity index (χ2v) is 18.2. The van der Waals surface area contributed by atoms with Gasteiger partial charge in [-0.3, -0.25) is 29.3 Å². The monoisotopic (exact) mass is 938 g/mol. The number of carbonyl (C=O) groups excluding carboxylic acids is 4. The fourth-order valence-electron chi connectivity index (χ4n) is 10.4. The molecule has 18 heteroatoms. The summed E-state index contributed by atoms with van der Waals surface area (Å²) < 4.78 is 46.3. The van der Waals surface area contributed by atoms with Crippen molar-refractivity contribution in [1.82, 2.24) is 25.7 Å². The average molecular weight is 939 g/mol. The van der Waals surface area contributed by atoms with Gasteiger partial charge in [-0.05, 0) is 68.4 Å². The quantitative estimate of drug-likeness (QED) is 0.0881. The van der Waals surface area contributed by atoms with Crippen LogP contribution in [0.4, 0.5) is 25.1 Å². The van der Waals surface area contributed by atoms with Gasteiger partial charge in [0.15, 0.2) is 23.0 Å². The van der Waals surface area contributed by atoms with Gasteiger partial charge in [-0.1, -0.05) is 54.9 Å². The summed E-state index contributed by atoms with van der Waals surface area (Å²) in [4.78, 5) is 54.7. The van der Waals surface area contributed by atoms with Crippen molar-refractivity contribution >= 4 is 57.8 Å². The zero-order valence-electron chi connectivity index (χ0n) is 37.2. The fraction of sp³-hybridized carbons (Fsp3) is 0.408. The number of hydrogen-bond donors (Lipinski definition) is 5. The molecule has 2 unspecified atom stereocenters. The number of aromatic nitrogens is 2. The topological polar surface area (TPSA) is 193 Å². The first kappa shape index (κ1) is 45.8. The Morgan fingerprint density at radius 2 is 1.73 bits per heavy atom. The van der Waals surface area contributed by atoms with Gasteiger partial charge in [0.25, 0.3) is 0 Å². The zero-order chi connectivity index (χ0) is 47.1. The molecule has 3 aliphatic heterocycles. The maximum absolute atomic E-state index is 16.4. The van der Waals surface area contributed by atoms with Crippen LogP contribution < -0.4 is 41.0 Å². The van der Waals surface area contributed by atoms with Gasteiger partial charge in [0.2, 0.25) is 17.7 Å². The highest BCUT2D eigenvalue weighted by Crippen LogP contribution is 2.56. The third-order valence-electron chi connectivity index (χ3n) is 13.9. The minimum Gasteiger partial charge on any atom is -0.488 e. The number of halogens is 3. The molecule has 352 valence electrons. The number of aryl methyl sites for hydroxylation is 1. The van der Waals surface area contributed by atoms with Crippen molar-refractivity contribution in [3.05, 3.63) is 100 Å². The van der Waals surface area contributed by atoms with Crippen LogP contribution in [0, 0.1) is 17.6 Å². The Balaban J connectivity index is 0.856. The van der Waals surface area contributed by atoms with Crippen LogP contribution >= 0.6 is 11.6 Å². The molecule has 0 radical (unpaired) electrons. The molecule has 4 aromatic carbocycles. The molecule has 1 saturated carbocycles. The van der Waals surface area contributed by atoms with Gasteiger partial charge in [0.05, 0.1) is 28.4 Å². The van der Waals surface area contributed by atoms with E-state index < -0.39 is 40.1 Å². The molecule has 1 aliphatic carbocycles. The number of rotatable bonds is 13. The van der Waals surface area contributed by atoms with Gasteiger partial charge in [-0.15, -0.1) is 0 Å². The number of hydrogen-bond acceptors (Lipinski definition) is 10. The smallest absolute Gasteiger partial charge is 0.329 e. The Hall–Kier alpha value is -6.30.